The van der Waals surface area contributed by atoms with Gasteiger partial charge in [0, 0.05) is 12.4 Å². The highest BCUT2D eigenvalue weighted by atomic mass is 16.5. The van der Waals surface area contributed by atoms with Crippen LogP contribution in [0.4, 0.5) is 0 Å². The second-order valence-corrected chi connectivity index (χ2v) is 5.14. The molecule has 0 unspecified atom stereocenters. The predicted molar refractivity (Wildman–Crippen MR) is 64.8 cm³/mol. The molecule has 1 saturated heterocycles. The van der Waals surface area contributed by atoms with Gasteiger partial charge in [0.25, 0.3) is 5.89 Å². The molecule has 0 radical (unpaired) electrons. The Balaban J connectivity index is 1.62. The number of hydrogen-bond acceptors (Lipinski definition) is 6. The van der Waals surface area contributed by atoms with Gasteiger partial charge in [-0.1, -0.05) is 6.42 Å². The molecule has 1 aliphatic carbocycles. The van der Waals surface area contributed by atoms with E-state index in [4.69, 9.17) is 9.15 Å². The number of rotatable bonds is 2. The third-order valence-electron chi connectivity index (χ3n) is 4.06. The molecule has 2 aromatic rings. The van der Waals surface area contributed by atoms with Gasteiger partial charge >= 0.3 is 0 Å². The van der Waals surface area contributed by atoms with Crippen molar-refractivity contribution in [3.8, 4) is 11.6 Å². The first-order valence-electron chi connectivity index (χ1n) is 6.63. The Morgan fingerprint density at radius 2 is 2.16 bits per heavy atom. The molecule has 2 fully saturated rings. The SMILES string of the molecule is c1cnc(-c2nnc([C@H]3OC[C@H]4CCC[C@H]43)o2)cn1. The molecule has 4 rings (SSSR count). The Morgan fingerprint density at radius 3 is 3.05 bits per heavy atom. The maximum Gasteiger partial charge on any atom is 0.267 e. The molecule has 0 aromatic carbocycles. The quantitative estimate of drug-likeness (QED) is 0.820. The molecular weight excluding hydrogens is 244 g/mol. The topological polar surface area (TPSA) is 73.9 Å². The van der Waals surface area contributed by atoms with Crippen LogP contribution in [0.5, 0.6) is 0 Å². The van der Waals surface area contributed by atoms with Crippen molar-refractivity contribution in [1.29, 1.82) is 0 Å². The third-order valence-corrected chi connectivity index (χ3v) is 4.06. The minimum Gasteiger partial charge on any atom is -0.416 e. The Hall–Kier alpha value is -1.82. The van der Waals surface area contributed by atoms with Gasteiger partial charge < -0.3 is 9.15 Å². The summed E-state index contributed by atoms with van der Waals surface area (Å²) in [5, 5.41) is 8.17. The zero-order valence-corrected chi connectivity index (χ0v) is 10.4. The largest absolute Gasteiger partial charge is 0.416 e. The van der Waals surface area contributed by atoms with Crippen LogP contribution in [0.2, 0.25) is 0 Å². The predicted octanol–water partition coefficient (Wildman–Crippen LogP) is 2.01. The van der Waals surface area contributed by atoms with E-state index >= 15 is 0 Å². The smallest absolute Gasteiger partial charge is 0.267 e. The minimum absolute atomic E-state index is 0.0366. The molecular formula is C13H14N4O2. The van der Waals surface area contributed by atoms with Gasteiger partial charge in [-0.2, -0.15) is 0 Å². The van der Waals surface area contributed by atoms with Gasteiger partial charge in [-0.3, -0.25) is 4.98 Å². The van der Waals surface area contributed by atoms with E-state index in [1.54, 1.807) is 18.6 Å². The third kappa shape index (κ3) is 1.83. The molecule has 0 spiro atoms. The maximum absolute atomic E-state index is 5.82. The number of aromatic nitrogens is 4. The zero-order chi connectivity index (χ0) is 12.7. The van der Waals surface area contributed by atoms with Crippen LogP contribution in [0.1, 0.15) is 31.3 Å². The van der Waals surface area contributed by atoms with Crippen molar-refractivity contribution in [3.05, 3.63) is 24.5 Å². The maximum atomic E-state index is 5.82. The van der Waals surface area contributed by atoms with Crippen LogP contribution in [0, 0.1) is 11.8 Å². The van der Waals surface area contributed by atoms with Crippen molar-refractivity contribution in [1.82, 2.24) is 20.2 Å². The molecule has 6 heteroatoms. The molecule has 0 bridgehead atoms. The van der Waals surface area contributed by atoms with Crippen LogP contribution in [-0.2, 0) is 4.74 Å². The number of hydrogen-bond donors (Lipinski definition) is 0. The number of nitrogens with zero attached hydrogens (tertiary/aromatic N) is 4. The van der Waals surface area contributed by atoms with Crippen LogP contribution >= 0.6 is 0 Å². The summed E-state index contributed by atoms with van der Waals surface area (Å²) in [5.74, 6) is 2.19. The molecule has 98 valence electrons. The van der Waals surface area contributed by atoms with E-state index in [1.165, 1.54) is 19.3 Å². The highest BCUT2D eigenvalue weighted by molar-refractivity contribution is 5.43. The van der Waals surface area contributed by atoms with Gasteiger partial charge in [0.15, 0.2) is 0 Å². The fourth-order valence-electron chi connectivity index (χ4n) is 3.14. The molecule has 3 atom stereocenters. The lowest BCUT2D eigenvalue weighted by Crippen LogP contribution is -2.08. The second-order valence-electron chi connectivity index (χ2n) is 5.14. The average Bonchev–Trinajstić information content (AvgIpc) is 3.15. The molecule has 19 heavy (non-hydrogen) atoms. The number of ether oxygens (including phenoxy) is 1. The van der Waals surface area contributed by atoms with Crippen molar-refractivity contribution >= 4 is 0 Å². The summed E-state index contributed by atoms with van der Waals surface area (Å²) in [6.07, 6.45) is 8.53. The van der Waals surface area contributed by atoms with E-state index in [2.05, 4.69) is 20.2 Å². The zero-order valence-electron chi connectivity index (χ0n) is 10.4. The van der Waals surface area contributed by atoms with Crippen LogP contribution in [0.15, 0.2) is 23.0 Å². The lowest BCUT2D eigenvalue weighted by Gasteiger charge is -2.12. The first-order chi connectivity index (χ1) is 9.42. The lowest BCUT2D eigenvalue weighted by atomic mass is 9.94. The Labute approximate surface area is 110 Å². The lowest BCUT2D eigenvalue weighted by molar-refractivity contribution is 0.0642. The van der Waals surface area contributed by atoms with Gasteiger partial charge in [-0.15, -0.1) is 10.2 Å². The second kappa shape index (κ2) is 4.38. The van der Waals surface area contributed by atoms with Crippen LogP contribution < -0.4 is 0 Å². The standard InChI is InChI=1S/C13H14N4O2/c1-2-8-7-18-11(9(8)3-1)13-17-16-12(19-13)10-6-14-4-5-15-10/h4-6,8-9,11H,1-3,7H2/t8-,9-,11+/m1/s1. The van der Waals surface area contributed by atoms with E-state index in [1.807, 2.05) is 0 Å². The van der Waals surface area contributed by atoms with E-state index in [-0.39, 0.29) is 6.10 Å². The van der Waals surface area contributed by atoms with Gasteiger partial charge in [-0.05, 0) is 24.7 Å². The van der Waals surface area contributed by atoms with Crippen LogP contribution in [0.3, 0.4) is 0 Å². The molecule has 3 heterocycles. The minimum atomic E-state index is -0.0366. The van der Waals surface area contributed by atoms with E-state index < -0.39 is 0 Å². The van der Waals surface area contributed by atoms with Crippen molar-refractivity contribution in [2.75, 3.05) is 6.61 Å². The molecule has 1 saturated carbocycles. The van der Waals surface area contributed by atoms with Gasteiger partial charge in [-0.25, -0.2) is 4.98 Å². The summed E-state index contributed by atoms with van der Waals surface area (Å²) in [7, 11) is 0. The Morgan fingerprint density at radius 1 is 1.16 bits per heavy atom. The van der Waals surface area contributed by atoms with Crippen LogP contribution in [0.25, 0.3) is 11.6 Å². The van der Waals surface area contributed by atoms with Gasteiger partial charge in [0.1, 0.15) is 11.8 Å². The fraction of sp³-hybridized carbons (Fsp3) is 0.538. The van der Waals surface area contributed by atoms with Gasteiger partial charge in [0.05, 0.1) is 12.8 Å². The first kappa shape index (κ1) is 11.0. The Bertz CT molecular complexity index is 571. The molecule has 6 nitrogen and oxygen atoms in total. The van der Waals surface area contributed by atoms with Crippen molar-refractivity contribution < 1.29 is 9.15 Å². The molecule has 0 amide bonds. The molecule has 2 aromatic heterocycles. The monoisotopic (exact) mass is 258 g/mol. The van der Waals surface area contributed by atoms with Gasteiger partial charge in [0.2, 0.25) is 5.89 Å². The average molecular weight is 258 g/mol. The summed E-state index contributed by atoms with van der Waals surface area (Å²) in [4.78, 5) is 8.16. The first-order valence-corrected chi connectivity index (χ1v) is 6.63. The summed E-state index contributed by atoms with van der Waals surface area (Å²) in [6.45, 7) is 0.818. The highest BCUT2D eigenvalue weighted by Crippen LogP contribution is 2.47. The summed E-state index contributed by atoms with van der Waals surface area (Å²) in [6, 6.07) is 0. The van der Waals surface area contributed by atoms with Crippen LogP contribution in [-0.4, -0.2) is 26.8 Å². The molecule has 1 aliphatic heterocycles. The van der Waals surface area contributed by atoms with Crippen molar-refractivity contribution in [2.45, 2.75) is 25.4 Å². The molecule has 0 N–H and O–H groups in total. The summed E-state index contributed by atoms with van der Waals surface area (Å²) < 4.78 is 11.5. The number of fused-ring (bicyclic) bond motifs is 1. The summed E-state index contributed by atoms with van der Waals surface area (Å²) >= 11 is 0. The molecule has 2 aliphatic rings. The highest BCUT2D eigenvalue weighted by Gasteiger charge is 2.43. The van der Waals surface area contributed by atoms with E-state index in [0.29, 0.717) is 29.3 Å². The summed E-state index contributed by atoms with van der Waals surface area (Å²) in [5.41, 5.74) is 0.599. The normalized spacial score (nSPS) is 29.6. The Kier molecular flexibility index (Phi) is 2.55. The van der Waals surface area contributed by atoms with Crippen molar-refractivity contribution in [3.63, 3.8) is 0 Å². The van der Waals surface area contributed by atoms with E-state index in [9.17, 15) is 0 Å². The van der Waals surface area contributed by atoms with E-state index in [0.717, 1.165) is 6.61 Å². The van der Waals surface area contributed by atoms with Crippen molar-refractivity contribution in [2.24, 2.45) is 11.8 Å². The fourth-order valence-corrected chi connectivity index (χ4v) is 3.14.